The molecule has 2 aromatic carbocycles. The molecule has 0 unspecified atom stereocenters. The first-order valence-electron chi connectivity index (χ1n) is 7.16. The van der Waals surface area contributed by atoms with Gasteiger partial charge < -0.3 is 5.32 Å². The van der Waals surface area contributed by atoms with Crippen LogP contribution < -0.4 is 5.32 Å². The number of nitro benzene ring substituents is 1. The average Bonchev–Trinajstić information content (AvgIpc) is 2.49. The summed E-state index contributed by atoms with van der Waals surface area (Å²) >= 11 is 0. The minimum absolute atomic E-state index is 0.0501. The van der Waals surface area contributed by atoms with Crippen LogP contribution in [0.2, 0.25) is 0 Å². The fourth-order valence-corrected chi connectivity index (χ4v) is 2.19. The van der Waals surface area contributed by atoms with E-state index in [-0.39, 0.29) is 17.2 Å². The van der Waals surface area contributed by atoms with Gasteiger partial charge in [-0.05, 0) is 37.1 Å². The molecule has 0 bridgehead atoms. The summed E-state index contributed by atoms with van der Waals surface area (Å²) in [5.74, 6) is -0.355. The van der Waals surface area contributed by atoms with Gasteiger partial charge in [-0.15, -0.1) is 0 Å². The lowest BCUT2D eigenvalue weighted by Crippen LogP contribution is -2.12. The van der Waals surface area contributed by atoms with Crippen LogP contribution in [0.3, 0.4) is 0 Å². The van der Waals surface area contributed by atoms with E-state index in [9.17, 15) is 14.9 Å². The summed E-state index contributed by atoms with van der Waals surface area (Å²) in [6.45, 7) is 3.76. The van der Waals surface area contributed by atoms with Crippen molar-refractivity contribution in [3.05, 3.63) is 69.3 Å². The Bertz CT molecular complexity index is 694. The molecule has 0 saturated heterocycles. The molecular formula is C17H18N2O3. The molecular weight excluding hydrogens is 280 g/mol. The molecule has 1 N–H and O–H groups in total. The molecule has 0 aliphatic heterocycles. The number of benzene rings is 2. The Balaban J connectivity index is 2.15. The van der Waals surface area contributed by atoms with Crippen LogP contribution in [0.4, 0.5) is 11.4 Å². The zero-order chi connectivity index (χ0) is 16.1. The first-order chi connectivity index (χ1) is 10.5. The maximum absolute atomic E-state index is 12.2. The highest BCUT2D eigenvalue weighted by Gasteiger charge is 2.15. The highest BCUT2D eigenvalue weighted by molar-refractivity contribution is 6.04. The Kier molecular flexibility index (Phi) is 4.88. The first-order valence-corrected chi connectivity index (χ1v) is 7.16. The van der Waals surface area contributed by atoms with Gasteiger partial charge in [0, 0.05) is 22.9 Å². The van der Waals surface area contributed by atoms with Gasteiger partial charge >= 0.3 is 0 Å². The van der Waals surface area contributed by atoms with Crippen LogP contribution in [0.25, 0.3) is 0 Å². The molecule has 1 amide bonds. The first kappa shape index (κ1) is 15.7. The van der Waals surface area contributed by atoms with E-state index in [1.807, 2.05) is 24.3 Å². The van der Waals surface area contributed by atoms with E-state index in [0.717, 1.165) is 12.8 Å². The molecule has 0 aliphatic carbocycles. The molecule has 5 nitrogen and oxygen atoms in total. The fraction of sp³-hybridized carbons (Fsp3) is 0.235. The number of anilines is 1. The third-order valence-electron chi connectivity index (χ3n) is 3.42. The molecule has 0 heterocycles. The highest BCUT2D eigenvalue weighted by Crippen LogP contribution is 2.20. The second-order valence-electron chi connectivity index (χ2n) is 5.16. The third kappa shape index (κ3) is 3.69. The minimum atomic E-state index is -0.481. The van der Waals surface area contributed by atoms with Gasteiger partial charge in [-0.3, -0.25) is 14.9 Å². The van der Waals surface area contributed by atoms with Crippen LogP contribution in [0, 0.1) is 17.0 Å². The molecule has 0 atom stereocenters. The number of nitrogens with one attached hydrogen (secondary N) is 1. The average molecular weight is 298 g/mol. The van der Waals surface area contributed by atoms with E-state index in [4.69, 9.17) is 0 Å². The predicted molar refractivity (Wildman–Crippen MR) is 86.2 cm³/mol. The summed E-state index contributed by atoms with van der Waals surface area (Å²) in [4.78, 5) is 22.6. The zero-order valence-corrected chi connectivity index (χ0v) is 12.6. The number of nitrogens with zero attached hydrogens (tertiary/aromatic N) is 1. The lowest BCUT2D eigenvalue weighted by Gasteiger charge is -2.07. The van der Waals surface area contributed by atoms with Crippen LogP contribution in [-0.2, 0) is 6.42 Å². The molecule has 114 valence electrons. The summed E-state index contributed by atoms with van der Waals surface area (Å²) in [6.07, 6.45) is 2.07. The standard InChI is InChI=1S/C17H18N2O3/c1-3-4-13-6-9-15(10-7-13)18-17(20)14-8-5-12(2)16(11-14)19(21)22/h5-11H,3-4H2,1-2H3,(H,18,20). The van der Waals surface area contributed by atoms with Gasteiger partial charge in [0.1, 0.15) is 0 Å². The fourth-order valence-electron chi connectivity index (χ4n) is 2.19. The maximum Gasteiger partial charge on any atom is 0.273 e. The minimum Gasteiger partial charge on any atom is -0.322 e. The van der Waals surface area contributed by atoms with E-state index >= 15 is 0 Å². The molecule has 2 aromatic rings. The molecule has 0 aliphatic rings. The van der Waals surface area contributed by atoms with Gasteiger partial charge in [-0.1, -0.05) is 31.5 Å². The SMILES string of the molecule is CCCc1ccc(NC(=O)c2ccc(C)c([N+](=O)[O-])c2)cc1. The van der Waals surface area contributed by atoms with Crippen molar-refractivity contribution < 1.29 is 9.72 Å². The van der Waals surface area contributed by atoms with E-state index in [1.54, 1.807) is 19.1 Å². The normalized spacial score (nSPS) is 10.3. The van der Waals surface area contributed by atoms with Crippen LogP contribution in [0.5, 0.6) is 0 Å². The number of rotatable bonds is 5. The molecule has 0 aromatic heterocycles. The van der Waals surface area contributed by atoms with E-state index in [2.05, 4.69) is 12.2 Å². The van der Waals surface area contributed by atoms with Crippen molar-refractivity contribution in [2.24, 2.45) is 0 Å². The van der Waals surface area contributed by atoms with Crippen LogP contribution in [-0.4, -0.2) is 10.8 Å². The topological polar surface area (TPSA) is 72.2 Å². The number of carbonyl (C=O) groups excluding carboxylic acids is 1. The van der Waals surface area contributed by atoms with Crippen molar-refractivity contribution >= 4 is 17.3 Å². The summed E-state index contributed by atoms with van der Waals surface area (Å²) < 4.78 is 0. The molecule has 2 rings (SSSR count). The number of carbonyl (C=O) groups is 1. The monoisotopic (exact) mass is 298 g/mol. The van der Waals surface area contributed by atoms with Gasteiger partial charge in [0.05, 0.1) is 4.92 Å². The van der Waals surface area contributed by atoms with Gasteiger partial charge in [-0.2, -0.15) is 0 Å². The van der Waals surface area contributed by atoms with Gasteiger partial charge in [0.15, 0.2) is 0 Å². The Morgan fingerprint density at radius 3 is 2.45 bits per heavy atom. The Hall–Kier alpha value is -2.69. The number of nitro groups is 1. The Morgan fingerprint density at radius 1 is 1.18 bits per heavy atom. The number of hydrogen-bond acceptors (Lipinski definition) is 3. The summed E-state index contributed by atoms with van der Waals surface area (Å²) in [5, 5.41) is 13.7. The van der Waals surface area contributed by atoms with E-state index in [0.29, 0.717) is 11.3 Å². The lowest BCUT2D eigenvalue weighted by molar-refractivity contribution is -0.385. The molecule has 0 radical (unpaired) electrons. The number of aryl methyl sites for hydroxylation is 2. The molecule has 0 fully saturated rings. The van der Waals surface area contributed by atoms with Crippen LogP contribution in [0.15, 0.2) is 42.5 Å². The van der Waals surface area contributed by atoms with Crippen molar-refractivity contribution in [2.45, 2.75) is 26.7 Å². The van der Waals surface area contributed by atoms with E-state index in [1.165, 1.54) is 11.6 Å². The maximum atomic E-state index is 12.2. The predicted octanol–water partition coefficient (Wildman–Crippen LogP) is 4.11. The van der Waals surface area contributed by atoms with Crippen molar-refractivity contribution in [1.82, 2.24) is 0 Å². The van der Waals surface area contributed by atoms with Crippen molar-refractivity contribution in [1.29, 1.82) is 0 Å². The second-order valence-corrected chi connectivity index (χ2v) is 5.16. The number of amides is 1. The van der Waals surface area contributed by atoms with Crippen molar-refractivity contribution in [2.75, 3.05) is 5.32 Å². The number of hydrogen-bond donors (Lipinski definition) is 1. The van der Waals surface area contributed by atoms with Gasteiger partial charge in [0.2, 0.25) is 0 Å². The van der Waals surface area contributed by atoms with Crippen molar-refractivity contribution in [3.63, 3.8) is 0 Å². The highest BCUT2D eigenvalue weighted by atomic mass is 16.6. The Morgan fingerprint density at radius 2 is 1.86 bits per heavy atom. The quantitative estimate of drug-likeness (QED) is 0.667. The molecule has 22 heavy (non-hydrogen) atoms. The molecule has 0 spiro atoms. The third-order valence-corrected chi connectivity index (χ3v) is 3.42. The summed E-state index contributed by atoms with van der Waals surface area (Å²) in [6, 6.07) is 12.1. The summed E-state index contributed by atoms with van der Waals surface area (Å²) in [5.41, 5.74) is 2.64. The summed E-state index contributed by atoms with van der Waals surface area (Å²) in [7, 11) is 0. The zero-order valence-electron chi connectivity index (χ0n) is 12.6. The smallest absolute Gasteiger partial charge is 0.273 e. The Labute approximate surface area is 129 Å². The lowest BCUT2D eigenvalue weighted by atomic mass is 10.1. The van der Waals surface area contributed by atoms with Crippen LogP contribution in [0.1, 0.15) is 34.8 Å². The van der Waals surface area contributed by atoms with Gasteiger partial charge in [0.25, 0.3) is 11.6 Å². The largest absolute Gasteiger partial charge is 0.322 e. The van der Waals surface area contributed by atoms with E-state index < -0.39 is 4.92 Å². The molecule has 5 heteroatoms. The van der Waals surface area contributed by atoms with Crippen LogP contribution >= 0.6 is 0 Å². The molecule has 0 saturated carbocycles. The van der Waals surface area contributed by atoms with Crippen molar-refractivity contribution in [3.8, 4) is 0 Å². The van der Waals surface area contributed by atoms with Gasteiger partial charge in [-0.25, -0.2) is 0 Å². The second kappa shape index (κ2) is 6.85.